The molecule has 0 fully saturated rings. The maximum atomic E-state index is 8.83. The van der Waals surface area contributed by atoms with Gasteiger partial charge in [-0.05, 0) is 19.3 Å². The topological polar surface area (TPSA) is 71.4 Å². The number of unbranched alkanes of at least 4 members (excludes halogenated alkanes) is 5. The van der Waals surface area contributed by atoms with Crippen LogP contribution in [0.25, 0.3) is 0 Å². The molecule has 0 aliphatic heterocycles. The second kappa shape index (κ2) is 11.5. The van der Waals surface area contributed by atoms with E-state index in [1.54, 1.807) is 0 Å². The zero-order valence-corrected chi connectivity index (χ0v) is 9.78. The van der Waals surface area contributed by atoms with Gasteiger partial charge in [0, 0.05) is 18.8 Å². The van der Waals surface area contributed by atoms with Crippen molar-refractivity contribution in [2.45, 2.75) is 57.8 Å². The highest BCUT2D eigenvalue weighted by molar-refractivity contribution is 4.85. The molecule has 0 N–H and O–H groups in total. The first kappa shape index (κ1) is 14.5. The second-order valence-electron chi connectivity index (χ2n) is 3.99. The van der Waals surface area contributed by atoms with Crippen LogP contribution in [0.4, 0.5) is 0 Å². The van der Waals surface area contributed by atoms with Gasteiger partial charge in [0.15, 0.2) is 0 Å². The van der Waals surface area contributed by atoms with E-state index in [1.165, 1.54) is 0 Å². The van der Waals surface area contributed by atoms with Crippen molar-refractivity contribution in [1.82, 2.24) is 0 Å². The summed E-state index contributed by atoms with van der Waals surface area (Å²) < 4.78 is 0. The number of nitriles is 3. The van der Waals surface area contributed by atoms with Gasteiger partial charge in [-0.3, -0.25) is 0 Å². The first-order valence-electron chi connectivity index (χ1n) is 5.98. The van der Waals surface area contributed by atoms with Crippen LogP contribution in [-0.4, -0.2) is 0 Å². The maximum absolute atomic E-state index is 8.83. The maximum Gasteiger partial charge on any atom is 0.0656 e. The van der Waals surface area contributed by atoms with Gasteiger partial charge in [-0.25, -0.2) is 0 Å². The minimum absolute atomic E-state index is 0.0544. The summed E-state index contributed by atoms with van der Waals surface area (Å²) in [4.78, 5) is 0. The molecule has 1 atom stereocenters. The summed E-state index contributed by atoms with van der Waals surface area (Å²) in [6.07, 6.45) is 8.22. The molecule has 3 nitrogen and oxygen atoms in total. The average Bonchev–Trinajstić information content (AvgIpc) is 2.32. The van der Waals surface area contributed by atoms with Crippen LogP contribution in [0.2, 0.25) is 0 Å². The molecule has 0 aliphatic rings. The molecule has 0 saturated carbocycles. The molecule has 0 heterocycles. The van der Waals surface area contributed by atoms with Gasteiger partial charge in [0.05, 0.1) is 18.2 Å². The van der Waals surface area contributed by atoms with Crippen molar-refractivity contribution in [3.05, 3.63) is 0 Å². The lowest BCUT2D eigenvalue weighted by molar-refractivity contribution is 0.507. The summed E-state index contributed by atoms with van der Waals surface area (Å²) in [5.74, 6) is 0.0544. The van der Waals surface area contributed by atoms with E-state index in [2.05, 4.69) is 18.2 Å². The molecule has 0 radical (unpaired) electrons. The van der Waals surface area contributed by atoms with E-state index < -0.39 is 0 Å². The standard InChI is InChI=1S/C13H19N3/c14-10-6-4-2-1-3-5-8-13(12-16)9-7-11-15/h13H,1-9H2. The average molecular weight is 217 g/mol. The van der Waals surface area contributed by atoms with Gasteiger partial charge < -0.3 is 0 Å². The van der Waals surface area contributed by atoms with Crippen molar-refractivity contribution in [3.63, 3.8) is 0 Å². The molecular weight excluding hydrogens is 198 g/mol. The fraction of sp³-hybridized carbons (Fsp3) is 0.769. The van der Waals surface area contributed by atoms with Crippen molar-refractivity contribution < 1.29 is 0 Å². The first-order chi connectivity index (χ1) is 7.85. The Morgan fingerprint density at radius 1 is 0.688 bits per heavy atom. The minimum Gasteiger partial charge on any atom is -0.198 e. The Balaban J connectivity index is 3.33. The third-order valence-corrected chi connectivity index (χ3v) is 2.63. The van der Waals surface area contributed by atoms with Crippen LogP contribution in [0, 0.1) is 39.9 Å². The predicted molar refractivity (Wildman–Crippen MR) is 61.9 cm³/mol. The van der Waals surface area contributed by atoms with Crippen LogP contribution < -0.4 is 0 Å². The van der Waals surface area contributed by atoms with Crippen LogP contribution in [0.3, 0.4) is 0 Å². The van der Waals surface area contributed by atoms with E-state index in [-0.39, 0.29) is 5.92 Å². The van der Waals surface area contributed by atoms with E-state index in [9.17, 15) is 0 Å². The molecule has 0 aromatic carbocycles. The van der Waals surface area contributed by atoms with Crippen LogP contribution in [-0.2, 0) is 0 Å². The van der Waals surface area contributed by atoms with E-state index in [0.29, 0.717) is 19.3 Å². The largest absolute Gasteiger partial charge is 0.198 e. The van der Waals surface area contributed by atoms with Crippen molar-refractivity contribution in [2.75, 3.05) is 0 Å². The van der Waals surface area contributed by atoms with Gasteiger partial charge in [0.1, 0.15) is 0 Å². The lowest BCUT2D eigenvalue weighted by atomic mass is 9.97. The molecule has 0 aromatic rings. The number of hydrogen-bond acceptors (Lipinski definition) is 3. The van der Waals surface area contributed by atoms with Crippen molar-refractivity contribution in [2.24, 2.45) is 5.92 Å². The lowest BCUT2D eigenvalue weighted by Crippen LogP contribution is -1.96. The SMILES string of the molecule is N#CCCCCCCCC(C#N)CCC#N. The summed E-state index contributed by atoms with van der Waals surface area (Å²) in [6, 6.07) is 6.46. The van der Waals surface area contributed by atoms with Crippen molar-refractivity contribution in [1.29, 1.82) is 15.8 Å². The molecule has 1 unspecified atom stereocenters. The number of hydrogen-bond donors (Lipinski definition) is 0. The fourth-order valence-corrected chi connectivity index (χ4v) is 1.64. The predicted octanol–water partition coefficient (Wildman–Crippen LogP) is 3.68. The van der Waals surface area contributed by atoms with E-state index in [4.69, 9.17) is 15.8 Å². The molecule has 3 heteroatoms. The second-order valence-corrected chi connectivity index (χ2v) is 3.99. The third kappa shape index (κ3) is 9.04. The first-order valence-corrected chi connectivity index (χ1v) is 5.98. The Morgan fingerprint density at radius 3 is 1.94 bits per heavy atom. The van der Waals surface area contributed by atoms with E-state index in [0.717, 1.165) is 38.5 Å². The van der Waals surface area contributed by atoms with Crippen molar-refractivity contribution in [3.8, 4) is 18.2 Å². The van der Waals surface area contributed by atoms with E-state index >= 15 is 0 Å². The fourth-order valence-electron chi connectivity index (χ4n) is 1.64. The van der Waals surface area contributed by atoms with Gasteiger partial charge in [-0.2, -0.15) is 15.8 Å². The molecule has 0 amide bonds. The van der Waals surface area contributed by atoms with Crippen LogP contribution in [0.1, 0.15) is 57.8 Å². The molecule has 0 rings (SSSR count). The van der Waals surface area contributed by atoms with Crippen LogP contribution in [0.15, 0.2) is 0 Å². The molecule has 0 spiro atoms. The number of nitrogens with zero attached hydrogens (tertiary/aromatic N) is 3. The Kier molecular flexibility index (Phi) is 10.4. The van der Waals surface area contributed by atoms with Gasteiger partial charge in [-0.1, -0.05) is 25.7 Å². The van der Waals surface area contributed by atoms with Gasteiger partial charge in [0.25, 0.3) is 0 Å². The highest BCUT2D eigenvalue weighted by Gasteiger charge is 2.05. The monoisotopic (exact) mass is 217 g/mol. The third-order valence-electron chi connectivity index (χ3n) is 2.63. The highest BCUT2D eigenvalue weighted by atomic mass is 14.3. The van der Waals surface area contributed by atoms with E-state index in [1.807, 2.05) is 0 Å². The summed E-state index contributed by atoms with van der Waals surface area (Å²) in [5.41, 5.74) is 0. The Hall–Kier alpha value is -1.53. The van der Waals surface area contributed by atoms with Gasteiger partial charge >= 0.3 is 0 Å². The van der Waals surface area contributed by atoms with Gasteiger partial charge in [-0.15, -0.1) is 0 Å². The van der Waals surface area contributed by atoms with Crippen LogP contribution >= 0.6 is 0 Å². The van der Waals surface area contributed by atoms with Gasteiger partial charge in [0.2, 0.25) is 0 Å². The number of rotatable bonds is 9. The molecular formula is C13H19N3. The Bertz CT molecular complexity index is 277. The highest BCUT2D eigenvalue weighted by Crippen LogP contribution is 2.15. The molecule has 16 heavy (non-hydrogen) atoms. The molecule has 86 valence electrons. The Morgan fingerprint density at radius 2 is 1.31 bits per heavy atom. The zero-order chi connectivity index (χ0) is 12.1. The zero-order valence-electron chi connectivity index (χ0n) is 9.78. The molecule has 0 aliphatic carbocycles. The molecule has 0 saturated heterocycles. The summed E-state index contributed by atoms with van der Waals surface area (Å²) in [7, 11) is 0. The molecule has 0 aromatic heterocycles. The quantitative estimate of drug-likeness (QED) is 0.553. The smallest absolute Gasteiger partial charge is 0.0656 e. The van der Waals surface area contributed by atoms with Crippen LogP contribution in [0.5, 0.6) is 0 Å². The Labute approximate surface area is 98.3 Å². The summed E-state index contributed by atoms with van der Waals surface area (Å²) in [5, 5.41) is 25.6. The van der Waals surface area contributed by atoms with Crippen molar-refractivity contribution >= 4 is 0 Å². The normalized spacial score (nSPS) is 11.1. The lowest BCUT2D eigenvalue weighted by Gasteiger charge is -2.05. The summed E-state index contributed by atoms with van der Waals surface area (Å²) in [6.45, 7) is 0. The summed E-state index contributed by atoms with van der Waals surface area (Å²) >= 11 is 0. The minimum atomic E-state index is 0.0544. The molecule has 0 bridgehead atoms.